The molecule has 0 aliphatic carbocycles. The summed E-state index contributed by atoms with van der Waals surface area (Å²) < 4.78 is 4.17. The summed E-state index contributed by atoms with van der Waals surface area (Å²) in [5, 5.41) is 24.1. The Labute approximate surface area is 109 Å². The third-order valence-electron chi connectivity index (χ3n) is 0.902. The van der Waals surface area contributed by atoms with E-state index in [2.05, 4.69) is 17.9 Å². The molecular formula is C10H15ClO7. The number of esters is 1. The summed E-state index contributed by atoms with van der Waals surface area (Å²) in [4.78, 5) is 29.2. The number of carbonyl (C=O) groups excluding carboxylic acids is 1. The molecule has 0 aromatic rings. The van der Waals surface area contributed by atoms with Crippen LogP contribution in [0.25, 0.3) is 0 Å². The highest BCUT2D eigenvalue weighted by molar-refractivity contribution is 6.25. The molecule has 0 aliphatic heterocycles. The van der Waals surface area contributed by atoms with Gasteiger partial charge in [-0.3, -0.25) is 9.59 Å². The van der Waals surface area contributed by atoms with Gasteiger partial charge in [-0.2, -0.15) is 0 Å². The normalized spacial score (nSPS) is 9.28. The Balaban J connectivity index is -0.000000216. The summed E-state index contributed by atoms with van der Waals surface area (Å²) in [6.45, 7) is 7.61. The molecule has 0 aliphatic rings. The second kappa shape index (κ2) is 15.1. The van der Waals surface area contributed by atoms with E-state index in [9.17, 15) is 14.4 Å². The minimum Gasteiger partial charge on any atom is -0.481 e. The maximum atomic E-state index is 9.75. The molecule has 0 saturated carbocycles. The molecule has 0 fully saturated rings. The van der Waals surface area contributed by atoms with E-state index in [1.807, 2.05) is 0 Å². The quantitative estimate of drug-likeness (QED) is 0.519. The summed E-state index contributed by atoms with van der Waals surface area (Å²) in [5.74, 6) is -3.17. The van der Waals surface area contributed by atoms with E-state index < -0.39 is 24.5 Å². The van der Waals surface area contributed by atoms with Gasteiger partial charge in [0.05, 0.1) is 12.7 Å². The lowest BCUT2D eigenvalue weighted by molar-refractivity contribution is -0.152. The van der Waals surface area contributed by atoms with Gasteiger partial charge in [-0.05, 0) is 5.54 Å². The number of carboxylic acids is 2. The average molecular weight is 283 g/mol. The van der Waals surface area contributed by atoms with Crippen molar-refractivity contribution in [3.63, 3.8) is 0 Å². The van der Waals surface area contributed by atoms with Gasteiger partial charge < -0.3 is 20.1 Å². The molecule has 8 heteroatoms. The third kappa shape index (κ3) is 29.2. The van der Waals surface area contributed by atoms with Crippen molar-refractivity contribution in [1.82, 2.24) is 0 Å². The first-order valence-electron chi connectivity index (χ1n) is 4.34. The van der Waals surface area contributed by atoms with Crippen LogP contribution in [0.15, 0.2) is 25.0 Å². The number of hydrogen-bond donors (Lipinski definition) is 3. The molecule has 0 aromatic heterocycles. The Bertz CT molecular complexity index is 288. The Kier molecular flexibility index (Phi) is 18.0. The lowest BCUT2D eigenvalue weighted by Gasteiger charge is -1.97. The Morgan fingerprint density at radius 3 is 1.78 bits per heavy atom. The maximum absolute atomic E-state index is 9.75. The zero-order chi connectivity index (χ0) is 15.1. The van der Waals surface area contributed by atoms with Crippen LogP contribution in [0.3, 0.4) is 0 Å². The van der Waals surface area contributed by atoms with E-state index in [-0.39, 0.29) is 5.97 Å². The van der Waals surface area contributed by atoms with E-state index in [1.165, 1.54) is 12.5 Å². The number of rotatable bonds is 4. The third-order valence-corrected chi connectivity index (χ3v) is 0.902. The van der Waals surface area contributed by atoms with Gasteiger partial charge in [-0.25, -0.2) is 4.79 Å². The highest BCUT2D eigenvalue weighted by atomic mass is 35.5. The lowest BCUT2D eigenvalue weighted by atomic mass is 10.3. The first-order valence-corrected chi connectivity index (χ1v) is 4.78. The van der Waals surface area contributed by atoms with Crippen LogP contribution in [0.5, 0.6) is 0 Å². The van der Waals surface area contributed by atoms with Crippen molar-refractivity contribution in [2.75, 3.05) is 0 Å². The van der Waals surface area contributed by atoms with Crippen LogP contribution in [-0.2, 0) is 19.1 Å². The second-order valence-electron chi connectivity index (χ2n) is 2.38. The van der Waals surface area contributed by atoms with E-state index in [4.69, 9.17) is 26.9 Å². The summed E-state index contributed by atoms with van der Waals surface area (Å²) in [6.07, 6.45) is -1.44. The van der Waals surface area contributed by atoms with Crippen molar-refractivity contribution < 1.29 is 34.4 Å². The largest absolute Gasteiger partial charge is 0.481 e. The van der Waals surface area contributed by atoms with Crippen molar-refractivity contribution in [3.8, 4) is 0 Å². The second-order valence-corrected chi connectivity index (χ2v) is 2.69. The number of halogens is 1. The fourth-order valence-corrected chi connectivity index (χ4v) is 0.370. The zero-order valence-electron chi connectivity index (χ0n) is 9.71. The number of hydrogen-bond acceptors (Lipinski definition) is 5. The van der Waals surface area contributed by atoms with Gasteiger partial charge in [0.1, 0.15) is 0 Å². The van der Waals surface area contributed by atoms with Gasteiger partial charge in [0.25, 0.3) is 0 Å². The minimum absolute atomic E-state index is 0.329. The predicted octanol–water partition coefficient (Wildman–Crippen LogP) is 0.968. The van der Waals surface area contributed by atoms with Gasteiger partial charge in [0.15, 0.2) is 6.10 Å². The van der Waals surface area contributed by atoms with Gasteiger partial charge in [-0.15, -0.1) is 0 Å². The molecule has 0 amide bonds. The molecule has 3 N–H and O–H groups in total. The number of carboxylic acid groups (broad SMARTS) is 2. The molecule has 0 spiro atoms. The standard InChI is InChI=1S/C4H6O5.C4H6O2.C2H3Cl/c5-2(4(8)9)1-3(6)7;1-3-6-4(2)5;1-2-3/h2,5H,1H2,(H,6,7)(H,8,9);3H,1H2,2H3;2H,1H2. The highest BCUT2D eigenvalue weighted by Crippen LogP contribution is 1.89. The van der Waals surface area contributed by atoms with Gasteiger partial charge in [-0.1, -0.05) is 24.8 Å². The van der Waals surface area contributed by atoms with E-state index >= 15 is 0 Å². The summed E-state index contributed by atoms with van der Waals surface area (Å²) in [5.41, 5.74) is 1.22. The van der Waals surface area contributed by atoms with Crippen molar-refractivity contribution in [2.24, 2.45) is 0 Å². The molecule has 1 unspecified atom stereocenters. The van der Waals surface area contributed by atoms with Crippen molar-refractivity contribution >= 4 is 29.5 Å². The van der Waals surface area contributed by atoms with Gasteiger partial charge in [0.2, 0.25) is 0 Å². The maximum Gasteiger partial charge on any atom is 0.333 e. The SMILES string of the molecule is C=CCl.C=COC(C)=O.O=C(O)CC(O)C(=O)O. The zero-order valence-corrected chi connectivity index (χ0v) is 10.5. The topological polar surface area (TPSA) is 121 Å². The number of aliphatic carboxylic acids is 2. The molecule has 0 heterocycles. The van der Waals surface area contributed by atoms with Crippen LogP contribution in [0.1, 0.15) is 13.3 Å². The molecule has 7 nitrogen and oxygen atoms in total. The smallest absolute Gasteiger partial charge is 0.333 e. The summed E-state index contributed by atoms with van der Waals surface area (Å²) in [7, 11) is 0. The Morgan fingerprint density at radius 1 is 1.33 bits per heavy atom. The first-order chi connectivity index (χ1) is 8.22. The van der Waals surface area contributed by atoms with Crippen LogP contribution in [0.4, 0.5) is 0 Å². The van der Waals surface area contributed by atoms with Crippen LogP contribution >= 0.6 is 11.6 Å². The first kappa shape index (κ1) is 21.4. The van der Waals surface area contributed by atoms with Crippen LogP contribution in [0.2, 0.25) is 0 Å². The van der Waals surface area contributed by atoms with Crippen molar-refractivity contribution in [3.05, 3.63) is 25.0 Å². The van der Waals surface area contributed by atoms with Gasteiger partial charge >= 0.3 is 17.9 Å². The minimum atomic E-state index is -1.79. The fourth-order valence-electron chi connectivity index (χ4n) is 0.370. The molecule has 0 bridgehead atoms. The van der Waals surface area contributed by atoms with Gasteiger partial charge in [0, 0.05) is 6.92 Å². The number of ether oxygens (including phenoxy) is 1. The Hall–Kier alpha value is -1.86. The number of aliphatic hydroxyl groups is 1. The van der Waals surface area contributed by atoms with E-state index in [0.717, 1.165) is 6.26 Å². The highest BCUT2D eigenvalue weighted by Gasteiger charge is 2.16. The van der Waals surface area contributed by atoms with E-state index in [0.29, 0.717) is 0 Å². The molecule has 0 rings (SSSR count). The van der Waals surface area contributed by atoms with Crippen LogP contribution < -0.4 is 0 Å². The molecule has 0 saturated heterocycles. The molecule has 1 atom stereocenters. The Morgan fingerprint density at radius 2 is 1.72 bits per heavy atom. The molecule has 0 radical (unpaired) electrons. The van der Waals surface area contributed by atoms with Crippen molar-refractivity contribution in [1.29, 1.82) is 0 Å². The lowest BCUT2D eigenvalue weighted by Crippen LogP contribution is -2.22. The molecule has 0 aromatic carbocycles. The van der Waals surface area contributed by atoms with E-state index in [1.54, 1.807) is 0 Å². The predicted molar refractivity (Wildman–Crippen MR) is 63.9 cm³/mol. The van der Waals surface area contributed by atoms with Crippen LogP contribution in [0, 0.1) is 0 Å². The fraction of sp³-hybridized carbons (Fsp3) is 0.300. The monoisotopic (exact) mass is 282 g/mol. The average Bonchev–Trinajstić information content (AvgIpc) is 2.18. The number of carbonyl (C=O) groups is 3. The molecular weight excluding hydrogens is 268 g/mol. The summed E-state index contributed by atoms with van der Waals surface area (Å²) >= 11 is 4.76. The number of aliphatic hydroxyl groups excluding tert-OH is 1. The van der Waals surface area contributed by atoms with Crippen LogP contribution in [-0.4, -0.2) is 39.3 Å². The molecule has 104 valence electrons. The summed E-state index contributed by atoms with van der Waals surface area (Å²) in [6, 6.07) is 0. The van der Waals surface area contributed by atoms with Crippen molar-refractivity contribution in [2.45, 2.75) is 19.4 Å². The molecule has 18 heavy (non-hydrogen) atoms.